The minimum absolute atomic E-state index is 0.0374. The molecule has 1 aromatic heterocycles. The van der Waals surface area contributed by atoms with Crippen molar-refractivity contribution in [3.63, 3.8) is 0 Å². The zero-order valence-electron chi connectivity index (χ0n) is 14.8. The second kappa shape index (κ2) is 8.63. The maximum Gasteiger partial charge on any atom is 0.230 e. The van der Waals surface area contributed by atoms with Crippen LogP contribution >= 0.6 is 35.3 Å². The number of hydrogen-bond acceptors (Lipinski definition) is 5. The highest BCUT2D eigenvalue weighted by molar-refractivity contribution is 8.01. The zero-order chi connectivity index (χ0) is 18.7. The Labute approximate surface area is 166 Å². The molecular formula is C18H22FN3OS3. The van der Waals surface area contributed by atoms with Gasteiger partial charge >= 0.3 is 0 Å². The number of carbonyl (C=O) groups is 1. The molecule has 1 aliphatic carbocycles. The second-order valence-electron chi connectivity index (χ2n) is 6.75. The van der Waals surface area contributed by atoms with Crippen molar-refractivity contribution in [2.45, 2.75) is 43.5 Å². The van der Waals surface area contributed by atoms with Crippen molar-refractivity contribution in [3.05, 3.63) is 34.0 Å². The Balaban J connectivity index is 1.58. The number of aromatic nitrogens is 2. The largest absolute Gasteiger partial charge is 0.352 e. The molecule has 4 nitrogen and oxygen atoms in total. The molecule has 2 aromatic rings. The Morgan fingerprint density at radius 3 is 2.85 bits per heavy atom. The van der Waals surface area contributed by atoms with Crippen molar-refractivity contribution in [1.29, 1.82) is 0 Å². The number of nitrogens with zero attached hydrogens (tertiary/aromatic N) is 2. The van der Waals surface area contributed by atoms with Gasteiger partial charge in [-0.05, 0) is 54.7 Å². The fourth-order valence-electron chi connectivity index (χ4n) is 3.23. The Morgan fingerprint density at radius 1 is 1.38 bits per heavy atom. The molecule has 1 aliphatic rings. The van der Waals surface area contributed by atoms with E-state index in [-0.39, 0.29) is 17.8 Å². The zero-order valence-corrected chi connectivity index (χ0v) is 17.2. The predicted molar refractivity (Wildman–Crippen MR) is 107 cm³/mol. The maximum atomic E-state index is 13.1. The summed E-state index contributed by atoms with van der Waals surface area (Å²) in [7, 11) is 0. The van der Waals surface area contributed by atoms with Gasteiger partial charge in [-0.3, -0.25) is 4.79 Å². The molecule has 0 aliphatic heterocycles. The minimum Gasteiger partial charge on any atom is -0.352 e. The fraction of sp³-hybridized carbons (Fsp3) is 0.500. The van der Waals surface area contributed by atoms with Crippen molar-refractivity contribution < 1.29 is 9.18 Å². The number of hydrogen-bond donors (Lipinski definition) is 1. The molecule has 26 heavy (non-hydrogen) atoms. The maximum absolute atomic E-state index is 13.1. The summed E-state index contributed by atoms with van der Waals surface area (Å²) in [4.78, 5) is 12.3. The van der Waals surface area contributed by atoms with E-state index in [2.05, 4.69) is 24.3 Å². The van der Waals surface area contributed by atoms with E-state index in [4.69, 9.17) is 12.2 Å². The third-order valence-corrected chi connectivity index (χ3v) is 7.35. The van der Waals surface area contributed by atoms with Gasteiger partial charge < -0.3 is 5.32 Å². The molecule has 1 heterocycles. The van der Waals surface area contributed by atoms with Crippen molar-refractivity contribution in [2.24, 2.45) is 11.8 Å². The molecule has 140 valence electrons. The summed E-state index contributed by atoms with van der Waals surface area (Å²) >= 11 is 8.08. The van der Waals surface area contributed by atoms with E-state index in [1.807, 2.05) is 0 Å². The Morgan fingerprint density at radius 2 is 2.12 bits per heavy atom. The summed E-state index contributed by atoms with van der Waals surface area (Å²) in [5, 5.41) is 7.62. The average molecular weight is 412 g/mol. The van der Waals surface area contributed by atoms with E-state index in [9.17, 15) is 9.18 Å². The van der Waals surface area contributed by atoms with Crippen LogP contribution in [-0.2, 0) is 4.79 Å². The number of nitrogens with one attached hydrogen (secondary N) is 1. The molecule has 1 N–H and O–H groups in total. The summed E-state index contributed by atoms with van der Waals surface area (Å²) < 4.78 is 16.0. The molecule has 0 unspecified atom stereocenters. The number of amides is 1. The molecular weight excluding hydrogens is 389 g/mol. The van der Waals surface area contributed by atoms with Crippen LogP contribution in [0.15, 0.2) is 28.6 Å². The van der Waals surface area contributed by atoms with Gasteiger partial charge in [-0.15, -0.1) is 5.10 Å². The number of thioether (sulfide) groups is 1. The van der Waals surface area contributed by atoms with Crippen molar-refractivity contribution >= 4 is 41.2 Å². The van der Waals surface area contributed by atoms with Crippen molar-refractivity contribution in [2.75, 3.05) is 5.75 Å². The van der Waals surface area contributed by atoms with Gasteiger partial charge in [0.05, 0.1) is 11.4 Å². The molecule has 1 saturated carbocycles. The van der Waals surface area contributed by atoms with E-state index in [0.717, 1.165) is 10.8 Å². The molecule has 0 bridgehead atoms. The van der Waals surface area contributed by atoms with Crippen LogP contribution in [-0.4, -0.2) is 27.5 Å². The average Bonchev–Trinajstić information content (AvgIpc) is 2.99. The highest BCUT2D eigenvalue weighted by atomic mass is 32.2. The Kier molecular flexibility index (Phi) is 6.47. The lowest BCUT2D eigenvalue weighted by molar-refractivity contribution is -0.119. The van der Waals surface area contributed by atoms with E-state index in [1.165, 1.54) is 48.1 Å². The van der Waals surface area contributed by atoms with Crippen LogP contribution in [0.25, 0.3) is 5.69 Å². The number of benzene rings is 1. The summed E-state index contributed by atoms with van der Waals surface area (Å²) in [5.74, 6) is 1.22. The third-order valence-electron chi connectivity index (χ3n) is 4.98. The van der Waals surface area contributed by atoms with Crippen LogP contribution in [0.5, 0.6) is 0 Å². The summed E-state index contributed by atoms with van der Waals surface area (Å²) in [6.45, 7) is 4.48. The monoisotopic (exact) mass is 411 g/mol. The lowest BCUT2D eigenvalue weighted by Crippen LogP contribution is -2.44. The Bertz CT molecular complexity index is 818. The Hall–Kier alpha value is -1.25. The number of carbonyl (C=O) groups excluding carboxylic acids is 1. The topological polar surface area (TPSA) is 46.9 Å². The quantitative estimate of drug-likeness (QED) is 0.565. The minimum atomic E-state index is -0.298. The molecule has 0 radical (unpaired) electrons. The molecule has 0 spiro atoms. The first-order valence-electron chi connectivity index (χ1n) is 8.72. The SMILES string of the molecule is C[C@@H]1[C@@H](C)CCC[C@H]1NC(=O)CSc1nn(-c2ccc(F)cc2)c(=S)s1. The molecule has 1 fully saturated rings. The van der Waals surface area contributed by atoms with Crippen molar-refractivity contribution in [1.82, 2.24) is 15.1 Å². The van der Waals surface area contributed by atoms with Crippen LogP contribution < -0.4 is 5.32 Å². The first-order chi connectivity index (χ1) is 12.4. The number of rotatable bonds is 5. The van der Waals surface area contributed by atoms with Crippen LogP contribution in [0.4, 0.5) is 4.39 Å². The van der Waals surface area contributed by atoms with Gasteiger partial charge in [0.1, 0.15) is 5.82 Å². The normalized spacial score (nSPS) is 23.0. The standard InChI is InChI=1S/C18H22FN3OS3/c1-11-4-3-5-15(12(11)2)20-16(23)10-25-17-21-22(18(24)26-17)14-8-6-13(19)7-9-14/h6-9,11-12,15H,3-5,10H2,1-2H3,(H,20,23)/t11-,12+,15+/m0/s1. The van der Waals surface area contributed by atoms with Crippen LogP contribution in [0.3, 0.4) is 0 Å². The third kappa shape index (κ3) is 4.72. The number of halogens is 1. The van der Waals surface area contributed by atoms with Gasteiger partial charge in [-0.25, -0.2) is 9.07 Å². The highest BCUT2D eigenvalue weighted by Gasteiger charge is 2.28. The predicted octanol–water partition coefficient (Wildman–Crippen LogP) is 4.84. The van der Waals surface area contributed by atoms with Gasteiger partial charge in [0, 0.05) is 6.04 Å². The molecule has 8 heteroatoms. The fourth-order valence-corrected chi connectivity index (χ4v) is 5.40. The molecule has 0 saturated heterocycles. The van der Waals surface area contributed by atoms with Gasteiger partial charge in [-0.1, -0.05) is 49.8 Å². The van der Waals surface area contributed by atoms with E-state index in [0.29, 0.717) is 27.2 Å². The second-order valence-corrected chi connectivity index (χ2v) is 9.60. The summed E-state index contributed by atoms with van der Waals surface area (Å²) in [6, 6.07) is 6.29. The molecule has 3 atom stereocenters. The first-order valence-corrected chi connectivity index (χ1v) is 10.9. The van der Waals surface area contributed by atoms with Crippen LogP contribution in [0.2, 0.25) is 0 Å². The molecule has 1 aromatic carbocycles. The van der Waals surface area contributed by atoms with Gasteiger partial charge in [0.25, 0.3) is 0 Å². The van der Waals surface area contributed by atoms with Crippen molar-refractivity contribution in [3.8, 4) is 5.69 Å². The van der Waals surface area contributed by atoms with E-state index in [1.54, 1.807) is 16.8 Å². The van der Waals surface area contributed by atoms with Gasteiger partial charge in [0.2, 0.25) is 5.91 Å². The summed E-state index contributed by atoms with van der Waals surface area (Å²) in [5.41, 5.74) is 0.717. The first kappa shape index (κ1) is 19.5. The lowest BCUT2D eigenvalue weighted by atomic mass is 9.78. The van der Waals surface area contributed by atoms with Crippen LogP contribution in [0.1, 0.15) is 33.1 Å². The highest BCUT2D eigenvalue weighted by Crippen LogP contribution is 2.30. The molecule has 1 amide bonds. The lowest BCUT2D eigenvalue weighted by Gasteiger charge is -2.34. The van der Waals surface area contributed by atoms with Crippen LogP contribution in [0, 0.1) is 21.6 Å². The van der Waals surface area contributed by atoms with Gasteiger partial charge in [-0.2, -0.15) is 0 Å². The van der Waals surface area contributed by atoms with Gasteiger partial charge in [0.15, 0.2) is 8.29 Å². The van der Waals surface area contributed by atoms with E-state index < -0.39 is 0 Å². The van der Waals surface area contributed by atoms with E-state index >= 15 is 0 Å². The summed E-state index contributed by atoms with van der Waals surface area (Å²) in [6.07, 6.45) is 3.47. The smallest absolute Gasteiger partial charge is 0.230 e. The molecule has 3 rings (SSSR count).